The van der Waals surface area contributed by atoms with Crippen LogP contribution < -0.4 is 5.32 Å². The summed E-state index contributed by atoms with van der Waals surface area (Å²) in [6.45, 7) is 7.59. The van der Waals surface area contributed by atoms with Gasteiger partial charge in [0.05, 0.1) is 12.0 Å². The Morgan fingerprint density at radius 3 is 2.58 bits per heavy atom. The van der Waals surface area contributed by atoms with Crippen molar-refractivity contribution >= 4 is 5.91 Å². The smallest absolute Gasteiger partial charge is 0.270 e. The largest absolute Gasteiger partial charge is 0.463 e. The molecule has 136 valence electrons. The number of benzene rings is 1. The topological polar surface area (TPSA) is 63.3 Å². The van der Waals surface area contributed by atoms with Crippen molar-refractivity contribution in [3.8, 4) is 17.1 Å². The van der Waals surface area contributed by atoms with E-state index in [1.807, 2.05) is 36.4 Å². The lowest BCUT2D eigenvalue weighted by Crippen LogP contribution is -2.35. The monoisotopic (exact) mass is 352 g/mol. The molecular formula is C20H24N4O2. The second-order valence-electron chi connectivity index (χ2n) is 5.92. The average molecular weight is 352 g/mol. The second kappa shape index (κ2) is 8.49. The number of hydrogen-bond donors (Lipinski definition) is 1. The zero-order valence-electron chi connectivity index (χ0n) is 15.2. The van der Waals surface area contributed by atoms with Crippen molar-refractivity contribution < 1.29 is 9.21 Å². The van der Waals surface area contributed by atoms with E-state index in [0.717, 1.165) is 25.3 Å². The Morgan fingerprint density at radius 1 is 1.15 bits per heavy atom. The maximum absolute atomic E-state index is 12.8. The van der Waals surface area contributed by atoms with Gasteiger partial charge >= 0.3 is 0 Å². The van der Waals surface area contributed by atoms with E-state index < -0.39 is 0 Å². The summed E-state index contributed by atoms with van der Waals surface area (Å²) in [7, 11) is 0. The molecule has 2 aromatic heterocycles. The van der Waals surface area contributed by atoms with Gasteiger partial charge in [0.15, 0.2) is 5.76 Å². The van der Waals surface area contributed by atoms with Gasteiger partial charge in [-0.25, -0.2) is 4.68 Å². The molecule has 0 fully saturated rings. The van der Waals surface area contributed by atoms with Gasteiger partial charge in [-0.1, -0.05) is 32.0 Å². The molecule has 0 saturated heterocycles. The van der Waals surface area contributed by atoms with E-state index in [2.05, 4.69) is 29.2 Å². The van der Waals surface area contributed by atoms with Crippen LogP contribution in [0.2, 0.25) is 0 Å². The van der Waals surface area contributed by atoms with E-state index in [0.29, 0.717) is 23.7 Å². The highest BCUT2D eigenvalue weighted by Gasteiger charge is 2.18. The zero-order chi connectivity index (χ0) is 18.4. The summed E-state index contributed by atoms with van der Waals surface area (Å²) in [6, 6.07) is 15.0. The quantitative estimate of drug-likeness (QED) is 0.676. The molecule has 0 unspecified atom stereocenters. The van der Waals surface area contributed by atoms with Crippen molar-refractivity contribution in [3.63, 3.8) is 0 Å². The fraction of sp³-hybridized carbons (Fsp3) is 0.300. The number of furan rings is 1. The number of hydrogen-bond acceptors (Lipinski definition) is 4. The Bertz CT molecular complexity index is 821. The maximum atomic E-state index is 12.8. The van der Waals surface area contributed by atoms with E-state index in [9.17, 15) is 4.79 Å². The molecular weight excluding hydrogens is 328 g/mol. The number of likely N-dealkylation sites (N-methyl/N-ethyl adjacent to an activating group) is 1. The molecule has 26 heavy (non-hydrogen) atoms. The predicted octanol–water partition coefficient (Wildman–Crippen LogP) is 3.20. The van der Waals surface area contributed by atoms with E-state index in [-0.39, 0.29) is 5.91 Å². The lowest BCUT2D eigenvalue weighted by atomic mass is 10.2. The Morgan fingerprint density at radius 2 is 1.92 bits per heavy atom. The van der Waals surface area contributed by atoms with Gasteiger partial charge in [0.1, 0.15) is 11.4 Å². The van der Waals surface area contributed by atoms with E-state index >= 15 is 0 Å². The summed E-state index contributed by atoms with van der Waals surface area (Å²) < 4.78 is 7.09. The summed E-state index contributed by atoms with van der Waals surface area (Å²) in [6.07, 6.45) is 1.60. The molecule has 0 radical (unpaired) electrons. The molecule has 0 aliphatic carbocycles. The summed E-state index contributed by atoms with van der Waals surface area (Å²) >= 11 is 0. The third-order valence-electron chi connectivity index (χ3n) is 4.32. The molecule has 1 amide bonds. The van der Waals surface area contributed by atoms with Crippen molar-refractivity contribution in [1.29, 1.82) is 0 Å². The number of carbonyl (C=O) groups excluding carboxylic acids is 1. The molecule has 2 heterocycles. The van der Waals surface area contributed by atoms with Crippen LogP contribution in [0.1, 0.15) is 24.3 Å². The summed E-state index contributed by atoms with van der Waals surface area (Å²) in [5.74, 6) is 0.489. The van der Waals surface area contributed by atoms with Crippen molar-refractivity contribution in [2.75, 3.05) is 26.2 Å². The minimum atomic E-state index is -0.147. The first-order valence-corrected chi connectivity index (χ1v) is 8.92. The van der Waals surface area contributed by atoms with E-state index in [1.165, 1.54) is 0 Å². The van der Waals surface area contributed by atoms with Crippen LogP contribution in [0.5, 0.6) is 0 Å². The minimum Gasteiger partial charge on any atom is -0.463 e. The lowest BCUT2D eigenvalue weighted by Gasteiger charge is -2.18. The zero-order valence-corrected chi connectivity index (χ0v) is 15.2. The highest BCUT2D eigenvalue weighted by atomic mass is 16.3. The number of carbonyl (C=O) groups is 1. The standard InChI is InChI=1S/C20H24N4O2/c1-3-23(4-2)13-12-21-20(25)18-15-17(19-11-8-14-26-19)22-24(18)16-9-6-5-7-10-16/h5-11,14-15H,3-4,12-13H2,1-2H3,(H,21,25). The normalized spacial score (nSPS) is 11.0. The average Bonchev–Trinajstić information content (AvgIpc) is 3.35. The molecule has 3 aromatic rings. The fourth-order valence-electron chi connectivity index (χ4n) is 2.81. The first-order chi connectivity index (χ1) is 12.7. The van der Waals surface area contributed by atoms with Crippen LogP contribution in [0.25, 0.3) is 17.1 Å². The van der Waals surface area contributed by atoms with Crippen LogP contribution in [0.3, 0.4) is 0 Å². The fourth-order valence-corrected chi connectivity index (χ4v) is 2.81. The van der Waals surface area contributed by atoms with Gasteiger partial charge < -0.3 is 14.6 Å². The van der Waals surface area contributed by atoms with Crippen molar-refractivity contribution in [2.45, 2.75) is 13.8 Å². The summed E-state index contributed by atoms with van der Waals surface area (Å²) in [4.78, 5) is 15.0. The van der Waals surface area contributed by atoms with Crippen LogP contribution in [0, 0.1) is 0 Å². The van der Waals surface area contributed by atoms with Gasteiger partial charge in [-0.3, -0.25) is 4.79 Å². The number of rotatable bonds is 8. The molecule has 6 heteroatoms. The SMILES string of the molecule is CCN(CC)CCNC(=O)c1cc(-c2ccco2)nn1-c1ccccc1. The number of nitrogens with one attached hydrogen (secondary N) is 1. The number of nitrogens with zero attached hydrogens (tertiary/aromatic N) is 3. The lowest BCUT2D eigenvalue weighted by molar-refractivity contribution is 0.0941. The van der Waals surface area contributed by atoms with Crippen molar-refractivity contribution in [3.05, 3.63) is 60.5 Å². The molecule has 1 N–H and O–H groups in total. The molecule has 0 atom stereocenters. The van der Waals surface area contributed by atoms with Crippen LogP contribution in [0.4, 0.5) is 0 Å². The van der Waals surface area contributed by atoms with Crippen LogP contribution in [-0.4, -0.2) is 46.8 Å². The molecule has 1 aromatic carbocycles. The highest BCUT2D eigenvalue weighted by Crippen LogP contribution is 2.22. The van der Waals surface area contributed by atoms with Gasteiger partial charge in [-0.2, -0.15) is 5.10 Å². The molecule has 0 spiro atoms. The third-order valence-corrected chi connectivity index (χ3v) is 4.32. The molecule has 0 aliphatic rings. The number of amides is 1. The van der Waals surface area contributed by atoms with Crippen LogP contribution in [0.15, 0.2) is 59.2 Å². The first kappa shape index (κ1) is 17.9. The van der Waals surface area contributed by atoms with Crippen molar-refractivity contribution in [2.24, 2.45) is 0 Å². The number of para-hydroxylation sites is 1. The molecule has 0 saturated carbocycles. The van der Waals surface area contributed by atoms with Crippen molar-refractivity contribution in [1.82, 2.24) is 20.0 Å². The molecule has 0 bridgehead atoms. The summed E-state index contributed by atoms with van der Waals surface area (Å²) in [5.41, 5.74) is 1.95. The number of aromatic nitrogens is 2. The van der Waals surface area contributed by atoms with Crippen LogP contribution in [-0.2, 0) is 0 Å². The molecule has 3 rings (SSSR count). The predicted molar refractivity (Wildman–Crippen MR) is 101 cm³/mol. The highest BCUT2D eigenvalue weighted by molar-refractivity contribution is 5.94. The van der Waals surface area contributed by atoms with Gasteiger partial charge in [-0.05, 0) is 37.4 Å². The third kappa shape index (κ3) is 4.03. The summed E-state index contributed by atoms with van der Waals surface area (Å²) in [5, 5.41) is 7.57. The molecule has 0 aliphatic heterocycles. The van der Waals surface area contributed by atoms with E-state index in [1.54, 1.807) is 23.1 Å². The first-order valence-electron chi connectivity index (χ1n) is 8.92. The van der Waals surface area contributed by atoms with Gasteiger partial charge in [0, 0.05) is 19.2 Å². The van der Waals surface area contributed by atoms with E-state index in [4.69, 9.17) is 4.42 Å². The van der Waals surface area contributed by atoms with Gasteiger partial charge in [0.2, 0.25) is 0 Å². The Balaban J connectivity index is 1.84. The van der Waals surface area contributed by atoms with Crippen LogP contribution >= 0.6 is 0 Å². The van der Waals surface area contributed by atoms with Gasteiger partial charge in [0.25, 0.3) is 5.91 Å². The Kier molecular flexibility index (Phi) is 5.86. The Labute approximate surface area is 153 Å². The van der Waals surface area contributed by atoms with Gasteiger partial charge in [-0.15, -0.1) is 0 Å². The molecule has 6 nitrogen and oxygen atoms in total. The second-order valence-corrected chi connectivity index (χ2v) is 5.92. The maximum Gasteiger partial charge on any atom is 0.270 e. The Hall–Kier alpha value is -2.86. The minimum absolute atomic E-state index is 0.147.